The van der Waals surface area contributed by atoms with E-state index in [-0.39, 0.29) is 5.91 Å². The van der Waals surface area contributed by atoms with Gasteiger partial charge in [0, 0.05) is 33.9 Å². The molecule has 0 aliphatic heterocycles. The highest BCUT2D eigenvalue weighted by atomic mass is 35.5. The van der Waals surface area contributed by atoms with Gasteiger partial charge in [-0.3, -0.25) is 9.59 Å². The predicted molar refractivity (Wildman–Crippen MR) is 119 cm³/mol. The largest absolute Gasteiger partial charge is 0.366 e. The predicted octanol–water partition coefficient (Wildman–Crippen LogP) is 5.61. The van der Waals surface area contributed by atoms with E-state index in [1.54, 1.807) is 30.1 Å². The maximum absolute atomic E-state index is 13.1. The molecule has 1 aliphatic rings. The number of primary amides is 1. The summed E-state index contributed by atoms with van der Waals surface area (Å²) in [5.74, 6) is -0.643. The van der Waals surface area contributed by atoms with Crippen LogP contribution in [0.1, 0.15) is 35.7 Å². The van der Waals surface area contributed by atoms with Crippen LogP contribution in [-0.4, -0.2) is 18.9 Å². The smallest absolute Gasteiger partial charge is 0.259 e. The number of carbonyl (C=O) groups is 2. The Morgan fingerprint density at radius 3 is 2.41 bits per heavy atom. The summed E-state index contributed by atoms with van der Waals surface area (Å²) in [5, 5.41) is 1.03. The number of likely N-dealkylation sites (N-methyl/N-ethyl adjacent to an activating group) is 1. The molecule has 0 heterocycles. The zero-order valence-corrected chi connectivity index (χ0v) is 18.1. The van der Waals surface area contributed by atoms with Gasteiger partial charge >= 0.3 is 0 Å². The lowest BCUT2D eigenvalue weighted by atomic mass is 9.97. The Bertz CT molecular complexity index is 1070. The van der Waals surface area contributed by atoms with Gasteiger partial charge in [0.05, 0.1) is 5.57 Å². The number of benzene rings is 2. The highest BCUT2D eigenvalue weighted by molar-refractivity contribution is 6.36. The lowest BCUT2D eigenvalue weighted by Crippen LogP contribution is -2.29. The number of hydrogen-bond donors (Lipinski definition) is 1. The molecule has 2 N–H and O–H groups in total. The second-order valence-electron chi connectivity index (χ2n) is 7.17. The molecule has 0 fully saturated rings. The molecule has 0 radical (unpaired) electrons. The summed E-state index contributed by atoms with van der Waals surface area (Å²) in [7, 11) is 1.74. The third-order valence-corrected chi connectivity index (χ3v) is 5.82. The van der Waals surface area contributed by atoms with E-state index in [0.29, 0.717) is 26.8 Å². The number of rotatable bonds is 4. The number of halogens is 2. The molecule has 0 aromatic heterocycles. The summed E-state index contributed by atoms with van der Waals surface area (Å²) >= 11 is 12.6. The van der Waals surface area contributed by atoms with Crippen LogP contribution in [0.15, 0.2) is 58.7 Å². The van der Waals surface area contributed by atoms with E-state index in [4.69, 9.17) is 28.9 Å². The Hall–Kier alpha value is -2.56. The van der Waals surface area contributed by atoms with Crippen LogP contribution in [0.4, 0.5) is 5.69 Å². The summed E-state index contributed by atoms with van der Waals surface area (Å²) < 4.78 is 0. The Kier molecular flexibility index (Phi) is 6.15. The van der Waals surface area contributed by atoms with Crippen LogP contribution in [-0.2, 0) is 4.79 Å². The fraction of sp³-hybridized carbons (Fsp3) is 0.217. The van der Waals surface area contributed by atoms with Crippen molar-refractivity contribution in [3.63, 3.8) is 0 Å². The van der Waals surface area contributed by atoms with Crippen LogP contribution in [0.2, 0.25) is 5.02 Å². The van der Waals surface area contributed by atoms with E-state index < -0.39 is 5.91 Å². The fourth-order valence-electron chi connectivity index (χ4n) is 3.51. The number of anilines is 1. The van der Waals surface area contributed by atoms with Crippen molar-refractivity contribution in [3.05, 3.63) is 74.8 Å². The molecule has 2 amide bonds. The van der Waals surface area contributed by atoms with Crippen molar-refractivity contribution in [3.8, 4) is 11.1 Å². The van der Waals surface area contributed by atoms with Crippen LogP contribution in [0.3, 0.4) is 0 Å². The van der Waals surface area contributed by atoms with Gasteiger partial charge < -0.3 is 10.6 Å². The highest BCUT2D eigenvalue weighted by Gasteiger charge is 2.24. The highest BCUT2D eigenvalue weighted by Crippen LogP contribution is 2.34. The van der Waals surface area contributed by atoms with Gasteiger partial charge in [-0.25, -0.2) is 0 Å². The first-order valence-corrected chi connectivity index (χ1v) is 10.0. The summed E-state index contributed by atoms with van der Waals surface area (Å²) in [6, 6.07) is 10.6. The molecule has 1 aliphatic carbocycles. The van der Waals surface area contributed by atoms with Gasteiger partial charge in [-0.15, -0.1) is 0 Å². The monoisotopic (exact) mass is 428 g/mol. The van der Waals surface area contributed by atoms with E-state index >= 15 is 0 Å². The number of nitrogens with zero attached hydrogens (tertiary/aromatic N) is 1. The van der Waals surface area contributed by atoms with Crippen molar-refractivity contribution < 1.29 is 9.59 Å². The number of amides is 2. The third kappa shape index (κ3) is 4.24. The molecule has 6 heteroatoms. The minimum atomic E-state index is -0.511. The molecule has 0 saturated carbocycles. The van der Waals surface area contributed by atoms with Crippen molar-refractivity contribution in [2.24, 2.45) is 5.73 Å². The van der Waals surface area contributed by atoms with Gasteiger partial charge in [-0.2, -0.15) is 0 Å². The molecule has 2 aromatic carbocycles. The normalized spacial score (nSPS) is 13.9. The van der Waals surface area contributed by atoms with Gasteiger partial charge in [0.15, 0.2) is 0 Å². The first-order chi connectivity index (χ1) is 13.7. The van der Waals surface area contributed by atoms with Gasteiger partial charge in [0.1, 0.15) is 0 Å². The minimum Gasteiger partial charge on any atom is -0.366 e. The van der Waals surface area contributed by atoms with E-state index in [2.05, 4.69) is 0 Å². The second kappa shape index (κ2) is 8.44. The van der Waals surface area contributed by atoms with Gasteiger partial charge in [0.2, 0.25) is 5.91 Å². The minimum absolute atomic E-state index is 0.131. The molecule has 150 valence electrons. The zero-order chi connectivity index (χ0) is 21.3. The summed E-state index contributed by atoms with van der Waals surface area (Å²) in [6.07, 6.45) is 3.57. The average molecular weight is 429 g/mol. The second-order valence-corrected chi connectivity index (χ2v) is 7.98. The topological polar surface area (TPSA) is 63.4 Å². The lowest BCUT2D eigenvalue weighted by molar-refractivity contribution is -0.114. The molecule has 0 unspecified atom stereocenters. The molecule has 29 heavy (non-hydrogen) atoms. The van der Waals surface area contributed by atoms with Crippen LogP contribution >= 0.6 is 23.2 Å². The third-order valence-electron chi connectivity index (χ3n) is 5.15. The maximum Gasteiger partial charge on any atom is 0.259 e. The van der Waals surface area contributed by atoms with E-state index in [1.807, 2.05) is 38.1 Å². The molecular weight excluding hydrogens is 407 g/mol. The summed E-state index contributed by atoms with van der Waals surface area (Å²) in [4.78, 5) is 26.2. The first-order valence-electron chi connectivity index (χ1n) is 9.25. The van der Waals surface area contributed by atoms with E-state index in [0.717, 1.165) is 35.2 Å². The number of aryl methyl sites for hydroxylation is 1. The van der Waals surface area contributed by atoms with Crippen molar-refractivity contribution in [2.75, 3.05) is 11.9 Å². The maximum atomic E-state index is 13.1. The van der Waals surface area contributed by atoms with Crippen molar-refractivity contribution in [1.29, 1.82) is 0 Å². The molecule has 2 aromatic rings. The molecule has 0 bridgehead atoms. The van der Waals surface area contributed by atoms with Crippen molar-refractivity contribution in [1.82, 2.24) is 0 Å². The summed E-state index contributed by atoms with van der Waals surface area (Å²) in [5.41, 5.74) is 10.6. The standard InChI is InChI=1S/C23H22Cl2N2O2/c1-13-5-4-6-19(25)21(13)23(29)27(3)20-10-8-15(11-14(20)2)17-12-16(22(26)28)7-9-18(17)24/h6-12H,4-5H2,1-3H3,(H2,26,28). The molecule has 0 atom stereocenters. The van der Waals surface area contributed by atoms with Gasteiger partial charge in [-0.05, 0) is 68.1 Å². The van der Waals surface area contributed by atoms with Crippen molar-refractivity contribution >= 4 is 40.7 Å². The van der Waals surface area contributed by atoms with Crippen LogP contribution < -0.4 is 10.6 Å². The molecule has 3 rings (SSSR count). The Balaban J connectivity index is 1.96. The van der Waals surface area contributed by atoms with E-state index in [9.17, 15) is 9.59 Å². The Morgan fingerprint density at radius 1 is 1.07 bits per heavy atom. The number of nitrogens with two attached hydrogens (primary N) is 1. The Labute approximate surface area is 180 Å². The molecule has 0 spiro atoms. The zero-order valence-electron chi connectivity index (χ0n) is 16.6. The van der Waals surface area contributed by atoms with Crippen LogP contribution in [0, 0.1) is 6.92 Å². The number of carbonyl (C=O) groups excluding carboxylic acids is 2. The summed E-state index contributed by atoms with van der Waals surface area (Å²) in [6.45, 7) is 3.87. The first kappa shape index (κ1) is 21.2. The number of hydrogen-bond acceptors (Lipinski definition) is 2. The molecule has 4 nitrogen and oxygen atoms in total. The van der Waals surface area contributed by atoms with E-state index in [1.165, 1.54) is 0 Å². The van der Waals surface area contributed by atoms with Crippen molar-refractivity contribution in [2.45, 2.75) is 26.7 Å². The SMILES string of the molecule is CC1=C(C(=O)N(C)c2ccc(-c3cc(C(N)=O)ccc3Cl)cc2C)C(Cl)=CCC1. The van der Waals surface area contributed by atoms with Gasteiger partial charge in [-0.1, -0.05) is 40.9 Å². The molecule has 0 saturated heterocycles. The van der Waals surface area contributed by atoms with Crippen LogP contribution in [0.25, 0.3) is 11.1 Å². The number of allylic oxidation sites excluding steroid dienone is 2. The van der Waals surface area contributed by atoms with Gasteiger partial charge in [0.25, 0.3) is 5.91 Å². The van der Waals surface area contributed by atoms with Crippen LogP contribution in [0.5, 0.6) is 0 Å². The molecular formula is C23H22Cl2N2O2. The Morgan fingerprint density at radius 2 is 1.79 bits per heavy atom. The average Bonchev–Trinajstić information content (AvgIpc) is 2.67. The quantitative estimate of drug-likeness (QED) is 0.687. The fourth-order valence-corrected chi connectivity index (χ4v) is 4.09. The lowest BCUT2D eigenvalue weighted by Gasteiger charge is -2.24.